The molecule has 4 N–H and O–H groups in total. The number of hydrogen-bond acceptors (Lipinski definition) is 6. The fraction of sp³-hybridized carbons (Fsp3) is 0.360. The second-order valence-electron chi connectivity index (χ2n) is 8.30. The number of aryl methyl sites for hydroxylation is 1. The molecule has 0 spiro atoms. The second-order valence-corrected chi connectivity index (χ2v) is 8.30. The fourth-order valence-corrected chi connectivity index (χ4v) is 4.10. The number of nitrogens with one attached hydrogen (secondary N) is 4. The standard InChI is InChI=1S/C25H30N6O3/c1-3-27-24(32)31-23-13-21-20(17-6-11-28-16(2)12-17)5-4-18(22(21)14-29-23)15-34-25(33)30-19-7-9-26-10-8-19/h4-6,11-14,19,26H,3,7-10,15H2,1-2H3,(H,30,33)(H2,27,29,31,32). The van der Waals surface area contributed by atoms with Crippen LogP contribution in [0.15, 0.2) is 42.7 Å². The fourth-order valence-electron chi connectivity index (χ4n) is 4.10. The number of benzene rings is 1. The predicted octanol–water partition coefficient (Wildman–Crippen LogP) is 3.72. The maximum Gasteiger partial charge on any atom is 0.407 e. The van der Waals surface area contributed by atoms with E-state index in [4.69, 9.17) is 4.74 Å². The summed E-state index contributed by atoms with van der Waals surface area (Å²) in [5.41, 5.74) is 3.72. The highest BCUT2D eigenvalue weighted by Gasteiger charge is 2.17. The summed E-state index contributed by atoms with van der Waals surface area (Å²) in [6, 6.07) is 9.56. The minimum Gasteiger partial charge on any atom is -0.445 e. The Morgan fingerprint density at radius 3 is 2.71 bits per heavy atom. The van der Waals surface area contributed by atoms with Crippen LogP contribution in [0.3, 0.4) is 0 Å². The van der Waals surface area contributed by atoms with Gasteiger partial charge >= 0.3 is 12.1 Å². The molecule has 4 rings (SSSR count). The van der Waals surface area contributed by atoms with E-state index in [2.05, 4.69) is 31.2 Å². The monoisotopic (exact) mass is 462 g/mol. The summed E-state index contributed by atoms with van der Waals surface area (Å²) >= 11 is 0. The summed E-state index contributed by atoms with van der Waals surface area (Å²) in [6.07, 6.45) is 4.84. The van der Waals surface area contributed by atoms with Crippen molar-refractivity contribution >= 4 is 28.7 Å². The minimum atomic E-state index is -0.420. The molecule has 1 aliphatic rings. The SMILES string of the molecule is CCNC(=O)Nc1cc2c(-c3ccnc(C)c3)ccc(COC(=O)NC3CCNCC3)c2cn1. The van der Waals surface area contributed by atoms with Crippen LogP contribution in [0.5, 0.6) is 0 Å². The van der Waals surface area contributed by atoms with Gasteiger partial charge in [0.2, 0.25) is 0 Å². The summed E-state index contributed by atoms with van der Waals surface area (Å²) in [4.78, 5) is 33.1. The lowest BCUT2D eigenvalue weighted by atomic mass is 9.96. The number of pyridine rings is 2. The van der Waals surface area contributed by atoms with Gasteiger partial charge in [-0.2, -0.15) is 0 Å². The molecule has 0 radical (unpaired) electrons. The highest BCUT2D eigenvalue weighted by atomic mass is 16.5. The molecular weight excluding hydrogens is 432 g/mol. The third kappa shape index (κ3) is 5.79. The second kappa shape index (κ2) is 10.9. The lowest BCUT2D eigenvalue weighted by molar-refractivity contribution is 0.134. The molecule has 1 fully saturated rings. The predicted molar refractivity (Wildman–Crippen MR) is 132 cm³/mol. The molecule has 3 heterocycles. The maximum absolute atomic E-state index is 12.4. The van der Waals surface area contributed by atoms with Crippen LogP contribution in [-0.4, -0.2) is 47.8 Å². The number of carbonyl (C=O) groups excluding carboxylic acids is 2. The van der Waals surface area contributed by atoms with E-state index in [0.29, 0.717) is 12.4 Å². The molecule has 2 aromatic heterocycles. The number of amides is 3. The molecule has 3 amide bonds. The van der Waals surface area contributed by atoms with E-state index in [-0.39, 0.29) is 18.7 Å². The number of urea groups is 1. The smallest absolute Gasteiger partial charge is 0.407 e. The quantitative estimate of drug-likeness (QED) is 0.444. The zero-order valence-electron chi connectivity index (χ0n) is 19.5. The first-order valence-corrected chi connectivity index (χ1v) is 11.6. The number of fused-ring (bicyclic) bond motifs is 1. The normalized spacial score (nSPS) is 13.9. The molecular formula is C25H30N6O3. The number of anilines is 1. The van der Waals surface area contributed by atoms with Gasteiger partial charge in [0.05, 0.1) is 0 Å². The molecule has 0 unspecified atom stereocenters. The summed E-state index contributed by atoms with van der Waals surface area (Å²) in [6.45, 7) is 6.21. The number of alkyl carbamates (subject to hydrolysis) is 1. The molecule has 0 aliphatic carbocycles. The summed E-state index contributed by atoms with van der Waals surface area (Å²) in [7, 11) is 0. The average molecular weight is 463 g/mol. The maximum atomic E-state index is 12.4. The highest BCUT2D eigenvalue weighted by molar-refractivity contribution is 6.00. The number of hydrogen-bond donors (Lipinski definition) is 4. The Bertz CT molecular complexity index is 1180. The largest absolute Gasteiger partial charge is 0.445 e. The molecule has 1 aromatic carbocycles. The third-order valence-electron chi connectivity index (χ3n) is 5.80. The summed E-state index contributed by atoms with van der Waals surface area (Å²) < 4.78 is 5.54. The van der Waals surface area contributed by atoms with E-state index in [9.17, 15) is 9.59 Å². The van der Waals surface area contributed by atoms with Crippen molar-refractivity contribution in [1.29, 1.82) is 0 Å². The van der Waals surface area contributed by atoms with Crippen molar-refractivity contribution in [2.45, 2.75) is 39.3 Å². The molecule has 3 aromatic rings. The minimum absolute atomic E-state index is 0.119. The average Bonchev–Trinajstić information content (AvgIpc) is 2.83. The summed E-state index contributed by atoms with van der Waals surface area (Å²) in [5.74, 6) is 0.437. The van der Waals surface area contributed by atoms with Crippen molar-refractivity contribution in [3.8, 4) is 11.1 Å². The molecule has 178 valence electrons. The first-order valence-electron chi connectivity index (χ1n) is 11.6. The van der Waals surface area contributed by atoms with Crippen LogP contribution < -0.4 is 21.3 Å². The molecule has 1 saturated heterocycles. The van der Waals surface area contributed by atoms with E-state index in [0.717, 1.165) is 59.1 Å². The topological polar surface area (TPSA) is 117 Å². The lowest BCUT2D eigenvalue weighted by Gasteiger charge is -2.23. The number of aromatic nitrogens is 2. The van der Waals surface area contributed by atoms with Gasteiger partial charge < -0.3 is 20.7 Å². The number of piperidine rings is 1. The van der Waals surface area contributed by atoms with Crippen LogP contribution in [0.25, 0.3) is 21.9 Å². The van der Waals surface area contributed by atoms with Gasteiger partial charge in [0, 0.05) is 36.1 Å². The first kappa shape index (κ1) is 23.4. The zero-order chi connectivity index (χ0) is 23.9. The zero-order valence-corrected chi connectivity index (χ0v) is 19.5. The van der Waals surface area contributed by atoms with Crippen LogP contribution in [0.1, 0.15) is 31.0 Å². The first-order chi connectivity index (χ1) is 16.5. The van der Waals surface area contributed by atoms with E-state index in [1.807, 2.05) is 44.2 Å². The van der Waals surface area contributed by atoms with Crippen molar-refractivity contribution in [3.63, 3.8) is 0 Å². The highest BCUT2D eigenvalue weighted by Crippen LogP contribution is 2.32. The van der Waals surface area contributed by atoms with Gasteiger partial charge in [0.1, 0.15) is 12.4 Å². The number of nitrogens with zero attached hydrogens (tertiary/aromatic N) is 2. The number of rotatable bonds is 6. The van der Waals surface area contributed by atoms with Crippen molar-refractivity contribution < 1.29 is 14.3 Å². The molecule has 34 heavy (non-hydrogen) atoms. The van der Waals surface area contributed by atoms with Gasteiger partial charge in [-0.1, -0.05) is 12.1 Å². The third-order valence-corrected chi connectivity index (χ3v) is 5.80. The Hall–Kier alpha value is -3.72. The molecule has 0 atom stereocenters. The summed E-state index contributed by atoms with van der Waals surface area (Å²) in [5, 5.41) is 13.4. The Kier molecular flexibility index (Phi) is 7.54. The van der Waals surface area contributed by atoms with Crippen LogP contribution in [0.2, 0.25) is 0 Å². The Balaban J connectivity index is 1.61. The van der Waals surface area contributed by atoms with Gasteiger partial charge in [0.25, 0.3) is 0 Å². The molecule has 0 saturated carbocycles. The molecule has 0 bridgehead atoms. The van der Waals surface area contributed by atoms with Crippen LogP contribution >= 0.6 is 0 Å². The Labute approximate surface area is 198 Å². The molecule has 9 heteroatoms. The number of carbonyl (C=O) groups is 2. The van der Waals surface area contributed by atoms with Crippen molar-refractivity contribution in [1.82, 2.24) is 25.9 Å². The van der Waals surface area contributed by atoms with Crippen molar-refractivity contribution in [2.24, 2.45) is 0 Å². The van der Waals surface area contributed by atoms with Gasteiger partial charge in [-0.3, -0.25) is 10.3 Å². The molecule has 1 aliphatic heterocycles. The van der Waals surface area contributed by atoms with Gasteiger partial charge in [-0.15, -0.1) is 0 Å². The van der Waals surface area contributed by atoms with Crippen LogP contribution in [0.4, 0.5) is 15.4 Å². The van der Waals surface area contributed by atoms with Gasteiger partial charge in [-0.25, -0.2) is 14.6 Å². The van der Waals surface area contributed by atoms with E-state index < -0.39 is 6.09 Å². The van der Waals surface area contributed by atoms with Gasteiger partial charge in [0.15, 0.2) is 0 Å². The van der Waals surface area contributed by atoms with Crippen LogP contribution in [0, 0.1) is 6.92 Å². The Morgan fingerprint density at radius 1 is 1.12 bits per heavy atom. The van der Waals surface area contributed by atoms with Crippen LogP contribution in [-0.2, 0) is 11.3 Å². The molecule has 9 nitrogen and oxygen atoms in total. The van der Waals surface area contributed by atoms with E-state index in [1.165, 1.54) is 0 Å². The lowest BCUT2D eigenvalue weighted by Crippen LogP contribution is -2.42. The number of ether oxygens (including phenoxy) is 1. The van der Waals surface area contributed by atoms with Crippen molar-refractivity contribution in [2.75, 3.05) is 25.0 Å². The van der Waals surface area contributed by atoms with Gasteiger partial charge in [-0.05, 0) is 80.1 Å². The van der Waals surface area contributed by atoms with E-state index in [1.54, 1.807) is 12.4 Å². The van der Waals surface area contributed by atoms with Crippen molar-refractivity contribution in [3.05, 3.63) is 54.0 Å². The van der Waals surface area contributed by atoms with E-state index >= 15 is 0 Å². The Morgan fingerprint density at radius 2 is 1.94 bits per heavy atom.